The van der Waals surface area contributed by atoms with Gasteiger partial charge in [0, 0.05) is 24.0 Å². The summed E-state index contributed by atoms with van der Waals surface area (Å²) < 4.78 is 0. The van der Waals surface area contributed by atoms with Crippen molar-refractivity contribution in [1.29, 1.82) is 0 Å². The molecule has 0 bridgehead atoms. The lowest BCUT2D eigenvalue weighted by atomic mass is 10.2. The predicted molar refractivity (Wildman–Crippen MR) is 61.7 cm³/mol. The van der Waals surface area contributed by atoms with Crippen molar-refractivity contribution >= 4 is 11.3 Å². The Morgan fingerprint density at radius 3 is 3.21 bits per heavy atom. The van der Waals surface area contributed by atoms with Gasteiger partial charge in [-0.3, -0.25) is 4.90 Å². The molecular weight excluding hydrogens is 192 g/mol. The Balaban J connectivity index is 1.75. The van der Waals surface area contributed by atoms with E-state index in [0.717, 1.165) is 12.6 Å². The van der Waals surface area contributed by atoms with E-state index in [9.17, 15) is 0 Å². The lowest BCUT2D eigenvalue weighted by molar-refractivity contribution is 0.295. The molecule has 78 valence electrons. The lowest BCUT2D eigenvalue weighted by Crippen LogP contribution is -2.34. The number of thiophene rings is 1. The summed E-state index contributed by atoms with van der Waals surface area (Å²) in [6.45, 7) is 3.48. The Morgan fingerprint density at radius 2 is 2.57 bits per heavy atom. The molecule has 0 unspecified atom stereocenters. The average Bonchev–Trinajstić information content (AvgIpc) is 2.76. The third-order valence-electron chi connectivity index (χ3n) is 2.70. The normalized spacial score (nSPS) is 22.0. The summed E-state index contributed by atoms with van der Waals surface area (Å²) in [5, 5.41) is 5.68. The summed E-state index contributed by atoms with van der Waals surface area (Å²) in [6, 6.07) is 5.06. The number of hydrogen-bond acceptors (Lipinski definition) is 3. The maximum Gasteiger partial charge on any atom is 0.0325 e. The maximum absolute atomic E-state index is 3.53. The number of rotatable bonds is 4. The molecule has 0 saturated carbocycles. The Bertz CT molecular complexity index is 252. The van der Waals surface area contributed by atoms with Crippen LogP contribution in [0.25, 0.3) is 0 Å². The van der Waals surface area contributed by atoms with Crippen molar-refractivity contribution in [3.8, 4) is 0 Å². The smallest absolute Gasteiger partial charge is 0.0325 e. The van der Waals surface area contributed by atoms with Crippen LogP contribution in [0.1, 0.15) is 17.7 Å². The van der Waals surface area contributed by atoms with Crippen LogP contribution in [0.15, 0.2) is 17.5 Å². The zero-order valence-corrected chi connectivity index (χ0v) is 9.52. The molecule has 1 aromatic heterocycles. The monoisotopic (exact) mass is 210 g/mol. The van der Waals surface area contributed by atoms with E-state index in [4.69, 9.17) is 0 Å². The van der Waals surface area contributed by atoms with Gasteiger partial charge in [-0.15, -0.1) is 11.3 Å². The molecule has 1 aliphatic rings. The molecule has 1 saturated heterocycles. The Labute approximate surface area is 89.9 Å². The molecule has 2 nitrogen and oxygen atoms in total. The van der Waals surface area contributed by atoms with Crippen molar-refractivity contribution in [3.63, 3.8) is 0 Å². The van der Waals surface area contributed by atoms with Gasteiger partial charge in [-0.05, 0) is 37.9 Å². The van der Waals surface area contributed by atoms with Crippen LogP contribution < -0.4 is 5.32 Å². The van der Waals surface area contributed by atoms with E-state index >= 15 is 0 Å². The summed E-state index contributed by atoms with van der Waals surface area (Å²) in [5.74, 6) is 0. The van der Waals surface area contributed by atoms with Gasteiger partial charge in [0.2, 0.25) is 0 Å². The van der Waals surface area contributed by atoms with E-state index in [-0.39, 0.29) is 0 Å². The number of hydrogen-bond donors (Lipinski definition) is 1. The highest BCUT2D eigenvalue weighted by Crippen LogP contribution is 2.12. The van der Waals surface area contributed by atoms with Crippen molar-refractivity contribution in [2.45, 2.75) is 25.4 Å². The summed E-state index contributed by atoms with van der Waals surface area (Å²) in [6.07, 6.45) is 2.69. The van der Waals surface area contributed by atoms with Crippen LogP contribution in [0.5, 0.6) is 0 Å². The van der Waals surface area contributed by atoms with Crippen molar-refractivity contribution in [3.05, 3.63) is 22.4 Å². The van der Waals surface area contributed by atoms with E-state index in [1.54, 1.807) is 0 Å². The first-order chi connectivity index (χ1) is 6.84. The molecule has 1 aliphatic heterocycles. The second kappa shape index (κ2) is 4.91. The Morgan fingerprint density at radius 1 is 1.64 bits per heavy atom. The van der Waals surface area contributed by atoms with E-state index in [0.29, 0.717) is 0 Å². The standard InChI is InChI=1S/C11H18N2S/c1-13(8-10-4-2-6-12-10)9-11-5-3-7-14-11/h3,5,7,10,12H,2,4,6,8-9H2,1H3/t10-/m0/s1. The molecule has 2 rings (SSSR count). The first-order valence-electron chi connectivity index (χ1n) is 5.29. The van der Waals surface area contributed by atoms with Gasteiger partial charge in [-0.25, -0.2) is 0 Å². The number of nitrogens with one attached hydrogen (secondary N) is 1. The SMILES string of the molecule is CN(Cc1cccs1)C[C@@H]1CCCN1. The van der Waals surface area contributed by atoms with Gasteiger partial charge < -0.3 is 5.32 Å². The van der Waals surface area contributed by atoms with Crippen molar-refractivity contribution in [2.75, 3.05) is 20.1 Å². The first-order valence-corrected chi connectivity index (χ1v) is 6.17. The summed E-state index contributed by atoms with van der Waals surface area (Å²) in [4.78, 5) is 3.87. The minimum absolute atomic E-state index is 0.722. The van der Waals surface area contributed by atoms with Gasteiger partial charge in [0.15, 0.2) is 0 Å². The predicted octanol–water partition coefficient (Wildman–Crippen LogP) is 1.93. The minimum Gasteiger partial charge on any atom is -0.313 e. The van der Waals surface area contributed by atoms with E-state index in [1.807, 2.05) is 11.3 Å². The van der Waals surface area contributed by atoms with E-state index < -0.39 is 0 Å². The highest BCUT2D eigenvalue weighted by molar-refractivity contribution is 7.09. The van der Waals surface area contributed by atoms with Gasteiger partial charge in [-0.1, -0.05) is 6.07 Å². The molecule has 1 fully saturated rings. The molecule has 0 aliphatic carbocycles. The lowest BCUT2D eigenvalue weighted by Gasteiger charge is -2.20. The van der Waals surface area contributed by atoms with Crippen LogP contribution in [0.4, 0.5) is 0 Å². The maximum atomic E-state index is 3.53. The molecule has 14 heavy (non-hydrogen) atoms. The zero-order valence-electron chi connectivity index (χ0n) is 8.70. The second-order valence-corrected chi connectivity index (χ2v) is 5.10. The minimum atomic E-state index is 0.722. The largest absolute Gasteiger partial charge is 0.313 e. The zero-order chi connectivity index (χ0) is 9.80. The fourth-order valence-corrected chi connectivity index (χ4v) is 2.81. The molecule has 0 spiro atoms. The average molecular weight is 210 g/mol. The van der Waals surface area contributed by atoms with Crippen LogP contribution in [-0.2, 0) is 6.54 Å². The third-order valence-corrected chi connectivity index (χ3v) is 3.56. The molecule has 3 heteroatoms. The van der Waals surface area contributed by atoms with Crippen LogP contribution in [0.2, 0.25) is 0 Å². The van der Waals surface area contributed by atoms with Crippen LogP contribution in [0, 0.1) is 0 Å². The van der Waals surface area contributed by atoms with Crippen molar-refractivity contribution in [2.24, 2.45) is 0 Å². The summed E-state index contributed by atoms with van der Waals surface area (Å²) in [7, 11) is 2.21. The summed E-state index contributed by atoms with van der Waals surface area (Å²) in [5.41, 5.74) is 0. The van der Waals surface area contributed by atoms with Crippen LogP contribution >= 0.6 is 11.3 Å². The fraction of sp³-hybridized carbons (Fsp3) is 0.636. The Kier molecular flexibility index (Phi) is 3.56. The molecule has 0 amide bonds. The topological polar surface area (TPSA) is 15.3 Å². The number of likely N-dealkylation sites (N-methyl/N-ethyl adjacent to an activating group) is 1. The van der Waals surface area contributed by atoms with Gasteiger partial charge in [-0.2, -0.15) is 0 Å². The number of nitrogens with zero attached hydrogens (tertiary/aromatic N) is 1. The van der Waals surface area contributed by atoms with Gasteiger partial charge in [0.05, 0.1) is 0 Å². The first kappa shape index (κ1) is 10.1. The fourth-order valence-electron chi connectivity index (χ4n) is 2.02. The third kappa shape index (κ3) is 2.80. The molecule has 2 heterocycles. The molecule has 0 aromatic carbocycles. The highest BCUT2D eigenvalue weighted by Gasteiger charge is 2.15. The van der Waals surface area contributed by atoms with Gasteiger partial charge >= 0.3 is 0 Å². The summed E-state index contributed by atoms with van der Waals surface area (Å²) >= 11 is 1.85. The molecule has 1 N–H and O–H groups in total. The molecule has 0 radical (unpaired) electrons. The van der Waals surface area contributed by atoms with E-state index in [2.05, 4.69) is 34.8 Å². The van der Waals surface area contributed by atoms with Crippen LogP contribution in [0.3, 0.4) is 0 Å². The quantitative estimate of drug-likeness (QED) is 0.817. The molecule has 1 aromatic rings. The van der Waals surface area contributed by atoms with Crippen molar-refractivity contribution in [1.82, 2.24) is 10.2 Å². The van der Waals surface area contributed by atoms with Gasteiger partial charge in [0.25, 0.3) is 0 Å². The molecule has 1 atom stereocenters. The van der Waals surface area contributed by atoms with Crippen molar-refractivity contribution < 1.29 is 0 Å². The second-order valence-electron chi connectivity index (χ2n) is 4.07. The Hall–Kier alpha value is -0.380. The highest BCUT2D eigenvalue weighted by atomic mass is 32.1. The van der Waals surface area contributed by atoms with Crippen LogP contribution in [-0.4, -0.2) is 31.1 Å². The molecular formula is C11H18N2S. The van der Waals surface area contributed by atoms with Gasteiger partial charge in [0.1, 0.15) is 0 Å². The van der Waals surface area contributed by atoms with E-state index in [1.165, 1.54) is 30.8 Å².